The van der Waals surface area contributed by atoms with E-state index in [2.05, 4.69) is 10.00 Å². The summed E-state index contributed by atoms with van der Waals surface area (Å²) < 4.78 is 7.06. The molecule has 6 nitrogen and oxygen atoms in total. The summed E-state index contributed by atoms with van der Waals surface area (Å²) in [5.74, 6) is 1.14. The van der Waals surface area contributed by atoms with Gasteiger partial charge in [-0.05, 0) is 12.1 Å². The van der Waals surface area contributed by atoms with Crippen molar-refractivity contribution >= 4 is 17.5 Å². The number of amides is 1. The largest absolute Gasteiger partial charge is 0.468 e. The third kappa shape index (κ3) is 3.90. The second-order valence-electron chi connectivity index (χ2n) is 5.41. The predicted molar refractivity (Wildman–Crippen MR) is 82.4 cm³/mol. The molecule has 1 aliphatic heterocycles. The Morgan fingerprint density at radius 2 is 2.14 bits per heavy atom. The molecular weight excluding hydrogens is 304 g/mol. The van der Waals surface area contributed by atoms with Crippen molar-refractivity contribution in [3.8, 4) is 0 Å². The van der Waals surface area contributed by atoms with Gasteiger partial charge in [0, 0.05) is 45.3 Å². The highest BCUT2D eigenvalue weighted by Crippen LogP contribution is 2.10. The molecule has 3 rings (SSSR count). The molecule has 118 valence electrons. The van der Waals surface area contributed by atoms with E-state index in [0.29, 0.717) is 18.0 Å². The maximum Gasteiger partial charge on any atom is 0.224 e. The van der Waals surface area contributed by atoms with Crippen molar-refractivity contribution in [2.75, 3.05) is 26.2 Å². The van der Waals surface area contributed by atoms with Gasteiger partial charge in [0.2, 0.25) is 5.91 Å². The minimum Gasteiger partial charge on any atom is -0.468 e. The van der Waals surface area contributed by atoms with E-state index in [1.807, 2.05) is 17.0 Å². The zero-order valence-corrected chi connectivity index (χ0v) is 13.1. The van der Waals surface area contributed by atoms with Gasteiger partial charge >= 0.3 is 0 Å². The summed E-state index contributed by atoms with van der Waals surface area (Å²) in [6.07, 6.45) is 5.46. The van der Waals surface area contributed by atoms with Crippen molar-refractivity contribution < 1.29 is 9.21 Å². The molecule has 1 amide bonds. The first-order valence-corrected chi connectivity index (χ1v) is 7.79. The third-order valence-electron chi connectivity index (χ3n) is 3.84. The molecule has 0 spiro atoms. The van der Waals surface area contributed by atoms with Crippen LogP contribution in [0.25, 0.3) is 0 Å². The number of carbonyl (C=O) groups is 1. The Morgan fingerprint density at radius 1 is 1.32 bits per heavy atom. The second-order valence-corrected chi connectivity index (χ2v) is 5.84. The fourth-order valence-electron chi connectivity index (χ4n) is 2.61. The Labute approximate surface area is 134 Å². The molecule has 22 heavy (non-hydrogen) atoms. The molecule has 0 unspecified atom stereocenters. The van der Waals surface area contributed by atoms with Crippen LogP contribution in [-0.4, -0.2) is 51.7 Å². The van der Waals surface area contributed by atoms with E-state index in [1.165, 1.54) is 0 Å². The summed E-state index contributed by atoms with van der Waals surface area (Å²) in [6.45, 7) is 4.65. The van der Waals surface area contributed by atoms with Gasteiger partial charge in [-0.25, -0.2) is 0 Å². The highest BCUT2D eigenvalue weighted by atomic mass is 35.5. The molecule has 1 saturated heterocycles. The standard InChI is InChI=1S/C15H19ClN4O2/c16-13-10-17-20(11-13)4-3-15(21)19-7-5-18(6-8-19)12-14-2-1-9-22-14/h1-2,9-11H,3-8,12H2. The lowest BCUT2D eigenvalue weighted by Crippen LogP contribution is -2.48. The first kappa shape index (κ1) is 15.1. The van der Waals surface area contributed by atoms with E-state index in [-0.39, 0.29) is 5.91 Å². The zero-order chi connectivity index (χ0) is 15.4. The fourth-order valence-corrected chi connectivity index (χ4v) is 2.76. The Bertz CT molecular complexity index is 603. The SMILES string of the molecule is O=C(CCn1cc(Cl)cn1)N1CCN(Cc2ccco2)CC1. The smallest absolute Gasteiger partial charge is 0.224 e. The van der Waals surface area contributed by atoms with E-state index in [1.54, 1.807) is 23.3 Å². The van der Waals surface area contributed by atoms with Crippen molar-refractivity contribution in [1.29, 1.82) is 0 Å². The van der Waals surface area contributed by atoms with Gasteiger partial charge in [0.1, 0.15) is 5.76 Å². The van der Waals surface area contributed by atoms with E-state index in [4.69, 9.17) is 16.0 Å². The summed E-state index contributed by atoms with van der Waals surface area (Å²) in [5, 5.41) is 4.68. The molecular formula is C15H19ClN4O2. The molecule has 0 radical (unpaired) electrons. The van der Waals surface area contributed by atoms with Crippen LogP contribution in [0.5, 0.6) is 0 Å². The Hall–Kier alpha value is -1.79. The maximum atomic E-state index is 12.2. The monoisotopic (exact) mass is 322 g/mol. The van der Waals surface area contributed by atoms with Gasteiger partial charge in [-0.15, -0.1) is 0 Å². The lowest BCUT2D eigenvalue weighted by molar-refractivity contribution is -0.133. The van der Waals surface area contributed by atoms with Gasteiger partial charge < -0.3 is 9.32 Å². The average Bonchev–Trinajstić information content (AvgIpc) is 3.17. The van der Waals surface area contributed by atoms with Gasteiger partial charge in [-0.2, -0.15) is 5.10 Å². The fraction of sp³-hybridized carbons (Fsp3) is 0.467. The summed E-state index contributed by atoms with van der Waals surface area (Å²) in [6, 6.07) is 3.88. The molecule has 0 aromatic carbocycles. The van der Waals surface area contributed by atoms with Crippen LogP contribution >= 0.6 is 11.6 Å². The van der Waals surface area contributed by atoms with Gasteiger partial charge in [0.05, 0.1) is 24.0 Å². The number of hydrogen-bond acceptors (Lipinski definition) is 4. The summed E-state index contributed by atoms with van der Waals surface area (Å²) in [7, 11) is 0. The van der Waals surface area contributed by atoms with Gasteiger partial charge in [0.25, 0.3) is 0 Å². The molecule has 2 aromatic rings. The molecule has 0 N–H and O–H groups in total. The number of carbonyl (C=O) groups excluding carboxylic acids is 1. The number of nitrogens with zero attached hydrogens (tertiary/aromatic N) is 4. The first-order chi connectivity index (χ1) is 10.7. The molecule has 2 aromatic heterocycles. The average molecular weight is 323 g/mol. The number of rotatable bonds is 5. The first-order valence-electron chi connectivity index (χ1n) is 7.41. The molecule has 7 heteroatoms. The van der Waals surface area contributed by atoms with E-state index in [0.717, 1.165) is 38.5 Å². The molecule has 1 fully saturated rings. The second kappa shape index (κ2) is 6.98. The van der Waals surface area contributed by atoms with E-state index >= 15 is 0 Å². The number of hydrogen-bond donors (Lipinski definition) is 0. The number of furan rings is 1. The Balaban J connectivity index is 1.41. The minimum absolute atomic E-state index is 0.171. The number of aryl methyl sites for hydroxylation is 1. The summed E-state index contributed by atoms with van der Waals surface area (Å²) in [5.41, 5.74) is 0. The highest BCUT2D eigenvalue weighted by molar-refractivity contribution is 6.30. The lowest BCUT2D eigenvalue weighted by Gasteiger charge is -2.34. The summed E-state index contributed by atoms with van der Waals surface area (Å²) in [4.78, 5) is 16.4. The minimum atomic E-state index is 0.171. The van der Waals surface area contributed by atoms with Crippen molar-refractivity contribution in [3.05, 3.63) is 41.6 Å². The van der Waals surface area contributed by atoms with Gasteiger partial charge in [-0.1, -0.05) is 11.6 Å². The zero-order valence-electron chi connectivity index (χ0n) is 12.3. The van der Waals surface area contributed by atoms with Gasteiger partial charge in [-0.3, -0.25) is 14.4 Å². The normalized spacial score (nSPS) is 16.1. The van der Waals surface area contributed by atoms with Crippen LogP contribution in [0, 0.1) is 0 Å². The summed E-state index contributed by atoms with van der Waals surface area (Å²) >= 11 is 5.81. The van der Waals surface area contributed by atoms with Crippen LogP contribution in [0.4, 0.5) is 0 Å². The molecule has 0 bridgehead atoms. The van der Waals surface area contributed by atoms with Crippen LogP contribution in [0.2, 0.25) is 5.02 Å². The maximum absolute atomic E-state index is 12.2. The lowest BCUT2D eigenvalue weighted by atomic mass is 10.2. The predicted octanol–water partition coefficient (Wildman–Crippen LogP) is 1.86. The molecule has 0 saturated carbocycles. The topological polar surface area (TPSA) is 54.5 Å². The van der Waals surface area contributed by atoms with Crippen molar-refractivity contribution in [2.45, 2.75) is 19.5 Å². The molecule has 3 heterocycles. The quantitative estimate of drug-likeness (QED) is 0.843. The van der Waals surface area contributed by atoms with Crippen molar-refractivity contribution in [2.24, 2.45) is 0 Å². The molecule has 0 atom stereocenters. The Morgan fingerprint density at radius 3 is 2.77 bits per heavy atom. The van der Waals surface area contributed by atoms with Crippen molar-refractivity contribution in [3.63, 3.8) is 0 Å². The van der Waals surface area contributed by atoms with Crippen molar-refractivity contribution in [1.82, 2.24) is 19.6 Å². The van der Waals surface area contributed by atoms with E-state index in [9.17, 15) is 4.79 Å². The van der Waals surface area contributed by atoms with Gasteiger partial charge in [0.15, 0.2) is 0 Å². The highest BCUT2D eigenvalue weighted by Gasteiger charge is 2.21. The number of aromatic nitrogens is 2. The van der Waals surface area contributed by atoms with Crippen LogP contribution in [-0.2, 0) is 17.9 Å². The number of halogens is 1. The van der Waals surface area contributed by atoms with Crippen LogP contribution in [0.15, 0.2) is 35.2 Å². The van der Waals surface area contributed by atoms with Crippen LogP contribution in [0.1, 0.15) is 12.2 Å². The molecule has 0 aliphatic carbocycles. The number of piperazine rings is 1. The van der Waals surface area contributed by atoms with Crippen LogP contribution in [0.3, 0.4) is 0 Å². The molecule has 1 aliphatic rings. The Kier molecular flexibility index (Phi) is 4.80. The van der Waals surface area contributed by atoms with Crippen LogP contribution < -0.4 is 0 Å². The third-order valence-corrected chi connectivity index (χ3v) is 4.04. The van der Waals surface area contributed by atoms with E-state index < -0.39 is 0 Å².